The second kappa shape index (κ2) is 7.03. The Bertz CT molecular complexity index is 1330. The van der Waals surface area contributed by atoms with Crippen molar-refractivity contribution in [1.82, 2.24) is 9.69 Å². The molecule has 1 aliphatic rings. The summed E-state index contributed by atoms with van der Waals surface area (Å²) < 4.78 is 18.6. The lowest BCUT2D eigenvalue weighted by Gasteiger charge is -2.18. The van der Waals surface area contributed by atoms with Gasteiger partial charge in [0.25, 0.3) is 11.8 Å². The number of hydrogen-bond donors (Lipinski definition) is 2. The molecule has 0 saturated heterocycles. The summed E-state index contributed by atoms with van der Waals surface area (Å²) in [6.07, 6.45) is 0. The molecule has 0 spiro atoms. The highest BCUT2D eigenvalue weighted by molar-refractivity contribution is 7.13. The largest absolute Gasteiger partial charge is 0.341 e. The maximum Gasteiger partial charge on any atom is 0.276 e. The number of benzene rings is 3. The van der Waals surface area contributed by atoms with Gasteiger partial charge in [-0.25, -0.2) is 4.39 Å². The molecule has 148 valence electrons. The number of nitrogens with one attached hydrogen (secondary N) is 2. The van der Waals surface area contributed by atoms with E-state index in [1.54, 1.807) is 24.3 Å². The fourth-order valence-corrected chi connectivity index (χ4v) is 4.62. The predicted octanol–water partition coefficient (Wildman–Crippen LogP) is 4.83. The summed E-state index contributed by atoms with van der Waals surface area (Å²) in [6.45, 7) is 1.98. The topological polar surface area (TPSA) is 71.1 Å². The van der Waals surface area contributed by atoms with Crippen LogP contribution < -0.4 is 10.6 Å². The number of rotatable bonds is 3. The smallest absolute Gasteiger partial charge is 0.276 e. The summed E-state index contributed by atoms with van der Waals surface area (Å²) in [6, 6.07) is 16.9. The fourth-order valence-electron chi connectivity index (χ4n) is 3.86. The standard InChI is InChI=1S/C23H16FN3O2S/c1-12-5-2-3-6-14(12)20-19-15(22(28)26-20)7-4-8-17(19)25-23(29)21-16-11-13(24)9-10-18(16)30-27-21/h2-11,20H,1H3,(H,25,29)(H,26,28). The zero-order valence-corrected chi connectivity index (χ0v) is 16.7. The van der Waals surface area contributed by atoms with Crippen LogP contribution >= 0.6 is 11.5 Å². The number of halogens is 1. The van der Waals surface area contributed by atoms with Gasteiger partial charge in [0.05, 0.1) is 10.7 Å². The van der Waals surface area contributed by atoms with Crippen LogP contribution in [0.3, 0.4) is 0 Å². The van der Waals surface area contributed by atoms with Crippen molar-refractivity contribution in [3.63, 3.8) is 0 Å². The van der Waals surface area contributed by atoms with E-state index in [9.17, 15) is 14.0 Å². The number of fused-ring (bicyclic) bond motifs is 2. The number of anilines is 1. The van der Waals surface area contributed by atoms with E-state index in [-0.39, 0.29) is 17.6 Å². The lowest BCUT2D eigenvalue weighted by molar-refractivity contribution is 0.0959. The van der Waals surface area contributed by atoms with Crippen LogP contribution in [0, 0.1) is 12.7 Å². The second-order valence-electron chi connectivity index (χ2n) is 7.16. The molecule has 1 unspecified atom stereocenters. The SMILES string of the molecule is Cc1ccccc1C1NC(=O)c2cccc(NC(=O)c3nsc4ccc(F)cc34)c21. The van der Waals surface area contributed by atoms with Gasteiger partial charge in [-0.1, -0.05) is 30.3 Å². The summed E-state index contributed by atoms with van der Waals surface area (Å²) in [5, 5.41) is 6.36. The molecule has 5 nitrogen and oxygen atoms in total. The summed E-state index contributed by atoms with van der Waals surface area (Å²) >= 11 is 1.14. The van der Waals surface area contributed by atoms with Crippen LogP contribution in [0.5, 0.6) is 0 Å². The van der Waals surface area contributed by atoms with Gasteiger partial charge in [-0.3, -0.25) is 9.59 Å². The molecule has 2 amide bonds. The van der Waals surface area contributed by atoms with Gasteiger partial charge in [0.1, 0.15) is 11.5 Å². The van der Waals surface area contributed by atoms with Gasteiger partial charge >= 0.3 is 0 Å². The van der Waals surface area contributed by atoms with Crippen LogP contribution in [0.1, 0.15) is 43.6 Å². The van der Waals surface area contributed by atoms with Crippen LogP contribution in [0.4, 0.5) is 10.1 Å². The van der Waals surface area contributed by atoms with Gasteiger partial charge in [-0.15, -0.1) is 0 Å². The first-order chi connectivity index (χ1) is 14.5. The molecule has 0 radical (unpaired) electrons. The lowest BCUT2D eigenvalue weighted by Crippen LogP contribution is -2.21. The molecule has 2 heterocycles. The van der Waals surface area contributed by atoms with Crippen molar-refractivity contribution in [2.24, 2.45) is 0 Å². The Kier molecular flexibility index (Phi) is 4.33. The number of carbonyl (C=O) groups excluding carboxylic acids is 2. The maximum atomic E-state index is 13.7. The lowest BCUT2D eigenvalue weighted by atomic mass is 9.93. The van der Waals surface area contributed by atoms with Crippen molar-refractivity contribution in [1.29, 1.82) is 0 Å². The highest BCUT2D eigenvalue weighted by atomic mass is 32.1. The van der Waals surface area contributed by atoms with Gasteiger partial charge in [0.2, 0.25) is 0 Å². The van der Waals surface area contributed by atoms with E-state index in [2.05, 4.69) is 15.0 Å². The fraction of sp³-hybridized carbons (Fsp3) is 0.0870. The molecule has 3 aromatic carbocycles. The van der Waals surface area contributed by atoms with Gasteiger partial charge < -0.3 is 10.6 Å². The van der Waals surface area contributed by atoms with E-state index in [1.165, 1.54) is 12.1 Å². The van der Waals surface area contributed by atoms with Crippen molar-refractivity contribution in [2.75, 3.05) is 5.32 Å². The van der Waals surface area contributed by atoms with Crippen LogP contribution in [-0.4, -0.2) is 16.2 Å². The van der Waals surface area contributed by atoms with Gasteiger partial charge in [-0.2, -0.15) is 4.37 Å². The first kappa shape index (κ1) is 18.4. The van der Waals surface area contributed by atoms with E-state index >= 15 is 0 Å². The number of aryl methyl sites for hydroxylation is 1. The molecule has 5 rings (SSSR count). The van der Waals surface area contributed by atoms with Gasteiger partial charge in [-0.05, 0) is 59.9 Å². The Labute approximate surface area is 175 Å². The monoisotopic (exact) mass is 417 g/mol. The summed E-state index contributed by atoms with van der Waals surface area (Å²) in [7, 11) is 0. The molecule has 30 heavy (non-hydrogen) atoms. The molecule has 7 heteroatoms. The Morgan fingerprint density at radius 3 is 2.80 bits per heavy atom. The first-order valence-corrected chi connectivity index (χ1v) is 10.2. The molecule has 1 aliphatic heterocycles. The molecule has 0 aliphatic carbocycles. The van der Waals surface area contributed by atoms with Crippen LogP contribution in [0.25, 0.3) is 10.1 Å². The van der Waals surface area contributed by atoms with E-state index in [4.69, 9.17) is 0 Å². The van der Waals surface area contributed by atoms with E-state index in [0.717, 1.165) is 32.9 Å². The molecule has 1 aromatic heterocycles. The molecule has 0 saturated carbocycles. The van der Waals surface area contributed by atoms with Crippen molar-refractivity contribution in [3.8, 4) is 0 Å². The van der Waals surface area contributed by atoms with E-state index in [1.807, 2.05) is 31.2 Å². The third-order valence-corrected chi connectivity index (χ3v) is 6.14. The number of aromatic nitrogens is 1. The van der Waals surface area contributed by atoms with Crippen LogP contribution in [0.15, 0.2) is 60.7 Å². The molecular formula is C23H16FN3O2S. The number of carbonyl (C=O) groups is 2. The molecule has 0 bridgehead atoms. The zero-order chi connectivity index (χ0) is 20.8. The van der Waals surface area contributed by atoms with Crippen molar-refractivity contribution in [2.45, 2.75) is 13.0 Å². The minimum Gasteiger partial charge on any atom is -0.341 e. The van der Waals surface area contributed by atoms with Gasteiger partial charge in [0.15, 0.2) is 0 Å². The number of nitrogens with zero attached hydrogens (tertiary/aromatic N) is 1. The number of hydrogen-bond acceptors (Lipinski definition) is 4. The third-order valence-electron chi connectivity index (χ3n) is 5.31. The molecule has 2 N–H and O–H groups in total. The first-order valence-electron chi connectivity index (χ1n) is 9.38. The van der Waals surface area contributed by atoms with Gasteiger partial charge in [0, 0.05) is 22.2 Å². The second-order valence-corrected chi connectivity index (χ2v) is 7.96. The summed E-state index contributed by atoms with van der Waals surface area (Å²) in [4.78, 5) is 25.6. The minimum atomic E-state index is -0.442. The van der Waals surface area contributed by atoms with Crippen molar-refractivity contribution < 1.29 is 14.0 Å². The molecular weight excluding hydrogens is 401 g/mol. The highest BCUT2D eigenvalue weighted by Crippen LogP contribution is 2.37. The van der Waals surface area contributed by atoms with E-state index < -0.39 is 11.7 Å². The van der Waals surface area contributed by atoms with Crippen LogP contribution in [-0.2, 0) is 0 Å². The van der Waals surface area contributed by atoms with Crippen molar-refractivity contribution in [3.05, 3.63) is 94.4 Å². The Morgan fingerprint density at radius 2 is 1.97 bits per heavy atom. The van der Waals surface area contributed by atoms with Crippen molar-refractivity contribution >= 4 is 39.1 Å². The minimum absolute atomic E-state index is 0.164. The average molecular weight is 417 g/mol. The Hall–Kier alpha value is -3.58. The molecule has 4 aromatic rings. The summed E-state index contributed by atoms with van der Waals surface area (Å²) in [5.41, 5.74) is 3.94. The predicted molar refractivity (Wildman–Crippen MR) is 114 cm³/mol. The van der Waals surface area contributed by atoms with E-state index in [0.29, 0.717) is 16.6 Å². The molecule has 1 atom stereocenters. The molecule has 0 fully saturated rings. The third kappa shape index (κ3) is 2.95. The zero-order valence-electron chi connectivity index (χ0n) is 15.9. The highest BCUT2D eigenvalue weighted by Gasteiger charge is 2.33. The normalized spacial score (nSPS) is 15.1. The van der Waals surface area contributed by atoms with Crippen LogP contribution in [0.2, 0.25) is 0 Å². The Balaban J connectivity index is 1.57. The average Bonchev–Trinajstić information content (AvgIpc) is 3.30. The summed E-state index contributed by atoms with van der Waals surface area (Å²) in [5.74, 6) is -1.05. The number of amides is 2. The quantitative estimate of drug-likeness (QED) is 0.502. The maximum absolute atomic E-state index is 13.7. The Morgan fingerprint density at radius 1 is 1.13 bits per heavy atom.